The van der Waals surface area contributed by atoms with E-state index >= 15 is 0 Å². The van der Waals surface area contributed by atoms with Crippen LogP contribution in [0.4, 0.5) is 10.5 Å². The number of anilines is 1. The summed E-state index contributed by atoms with van der Waals surface area (Å²) in [7, 11) is 0. The lowest BCUT2D eigenvalue weighted by molar-refractivity contribution is 0.0635. The van der Waals surface area contributed by atoms with E-state index in [1.165, 1.54) is 0 Å². The second-order valence-corrected chi connectivity index (χ2v) is 5.60. The Morgan fingerprint density at radius 3 is 2.47 bits per heavy atom. The minimum atomic E-state index is -0.530. The van der Waals surface area contributed by atoms with E-state index in [0.717, 1.165) is 5.56 Å². The molecule has 0 spiro atoms. The van der Waals surface area contributed by atoms with Crippen LogP contribution in [-0.4, -0.2) is 22.8 Å². The van der Waals surface area contributed by atoms with Gasteiger partial charge in [0.1, 0.15) is 11.4 Å². The Kier molecular flexibility index (Phi) is 4.75. The number of hydrogen-bond donors (Lipinski definition) is 1. The highest BCUT2D eigenvalue weighted by atomic mass is 16.6. The lowest BCUT2D eigenvalue weighted by Gasteiger charge is -2.20. The molecule has 0 aliphatic rings. The molecule has 5 heteroatoms. The molecule has 0 aromatic carbocycles. The van der Waals surface area contributed by atoms with Gasteiger partial charge in [-0.3, -0.25) is 10.3 Å². The molecule has 0 aliphatic carbocycles. The van der Waals surface area contributed by atoms with Crippen LogP contribution in [0, 0.1) is 6.92 Å². The molecule has 0 saturated carbocycles. The summed E-state index contributed by atoms with van der Waals surface area (Å²) in [6.07, 6.45) is 2.76. The van der Waals surface area contributed by atoms with Crippen molar-refractivity contribution in [2.24, 2.45) is 0 Å². The Hall–Kier alpha value is -1.78. The monoisotopic (exact) mass is 266 g/mol. The van der Waals surface area contributed by atoms with Crippen LogP contribution in [0.1, 0.15) is 40.2 Å². The number of ether oxygens (including phenoxy) is 2. The summed E-state index contributed by atoms with van der Waals surface area (Å²) < 4.78 is 10.8. The molecule has 0 bridgehead atoms. The summed E-state index contributed by atoms with van der Waals surface area (Å²) in [5, 5.41) is 2.68. The number of pyridine rings is 1. The zero-order valence-electron chi connectivity index (χ0n) is 12.4. The van der Waals surface area contributed by atoms with Gasteiger partial charge in [-0.1, -0.05) is 0 Å². The highest BCUT2D eigenvalue weighted by Crippen LogP contribution is 2.25. The van der Waals surface area contributed by atoms with Crippen molar-refractivity contribution >= 4 is 11.8 Å². The number of carbonyl (C=O) groups is 1. The maximum absolute atomic E-state index is 11.7. The van der Waals surface area contributed by atoms with Gasteiger partial charge in [0.15, 0.2) is 0 Å². The van der Waals surface area contributed by atoms with Gasteiger partial charge in [-0.2, -0.15) is 0 Å². The van der Waals surface area contributed by atoms with Gasteiger partial charge in [0.25, 0.3) is 0 Å². The van der Waals surface area contributed by atoms with Gasteiger partial charge in [-0.05, 0) is 41.5 Å². The van der Waals surface area contributed by atoms with Crippen molar-refractivity contribution in [3.63, 3.8) is 0 Å². The second kappa shape index (κ2) is 5.91. The fraction of sp³-hybridized carbons (Fsp3) is 0.571. The number of nitrogens with one attached hydrogen (secondary N) is 1. The third-order valence-corrected chi connectivity index (χ3v) is 2.17. The Balaban J connectivity index is 2.82. The molecule has 0 saturated heterocycles. The first-order valence-electron chi connectivity index (χ1n) is 6.30. The number of amides is 1. The molecule has 1 amide bonds. The van der Waals surface area contributed by atoms with Crippen LogP contribution < -0.4 is 10.1 Å². The van der Waals surface area contributed by atoms with E-state index in [0.29, 0.717) is 11.4 Å². The van der Waals surface area contributed by atoms with E-state index in [4.69, 9.17) is 9.47 Å². The molecular formula is C14H22N2O3. The molecule has 0 radical (unpaired) electrons. The summed E-state index contributed by atoms with van der Waals surface area (Å²) in [5.74, 6) is 0.656. The maximum Gasteiger partial charge on any atom is 0.412 e. The molecule has 1 heterocycles. The van der Waals surface area contributed by atoms with E-state index in [1.54, 1.807) is 12.4 Å². The predicted molar refractivity (Wildman–Crippen MR) is 74.6 cm³/mol. The largest absolute Gasteiger partial charge is 0.489 e. The first-order valence-corrected chi connectivity index (χ1v) is 6.30. The number of rotatable bonds is 3. The van der Waals surface area contributed by atoms with E-state index in [1.807, 2.05) is 41.5 Å². The topological polar surface area (TPSA) is 60.5 Å². The Bertz CT molecular complexity index is 450. The van der Waals surface area contributed by atoms with Gasteiger partial charge in [0.2, 0.25) is 0 Å². The summed E-state index contributed by atoms with van der Waals surface area (Å²) in [6.45, 7) is 11.2. The number of aromatic nitrogens is 1. The maximum atomic E-state index is 11.7. The van der Waals surface area contributed by atoms with Crippen molar-refractivity contribution in [3.8, 4) is 5.75 Å². The Morgan fingerprint density at radius 1 is 1.32 bits per heavy atom. The lowest BCUT2D eigenvalue weighted by Crippen LogP contribution is -2.27. The van der Waals surface area contributed by atoms with Crippen LogP contribution in [0.15, 0.2) is 12.4 Å². The molecule has 1 aromatic heterocycles. The van der Waals surface area contributed by atoms with Crippen LogP contribution in [0.2, 0.25) is 0 Å². The summed E-state index contributed by atoms with van der Waals surface area (Å²) >= 11 is 0. The first kappa shape index (κ1) is 15.3. The van der Waals surface area contributed by atoms with E-state index < -0.39 is 11.7 Å². The van der Waals surface area contributed by atoms with E-state index in [9.17, 15) is 4.79 Å². The number of hydrogen-bond acceptors (Lipinski definition) is 4. The van der Waals surface area contributed by atoms with Crippen molar-refractivity contribution in [1.82, 2.24) is 4.98 Å². The van der Waals surface area contributed by atoms with Gasteiger partial charge in [-0.15, -0.1) is 0 Å². The molecule has 19 heavy (non-hydrogen) atoms. The molecular weight excluding hydrogens is 244 g/mol. The van der Waals surface area contributed by atoms with Crippen molar-refractivity contribution in [2.45, 2.75) is 53.2 Å². The molecule has 1 N–H and O–H groups in total. The highest BCUT2D eigenvalue weighted by molar-refractivity contribution is 5.86. The molecule has 106 valence electrons. The van der Waals surface area contributed by atoms with Crippen molar-refractivity contribution in [3.05, 3.63) is 18.0 Å². The zero-order chi connectivity index (χ0) is 14.6. The average molecular weight is 266 g/mol. The quantitative estimate of drug-likeness (QED) is 0.909. The molecule has 0 atom stereocenters. The second-order valence-electron chi connectivity index (χ2n) is 5.60. The molecule has 5 nitrogen and oxygen atoms in total. The summed E-state index contributed by atoms with van der Waals surface area (Å²) in [6, 6.07) is 0. The number of nitrogens with zero attached hydrogens (tertiary/aromatic N) is 1. The van der Waals surface area contributed by atoms with Gasteiger partial charge in [0.05, 0.1) is 24.2 Å². The highest BCUT2D eigenvalue weighted by Gasteiger charge is 2.17. The van der Waals surface area contributed by atoms with E-state index in [-0.39, 0.29) is 6.10 Å². The van der Waals surface area contributed by atoms with Gasteiger partial charge in [0, 0.05) is 5.56 Å². The third kappa shape index (κ3) is 5.16. The lowest BCUT2D eigenvalue weighted by atomic mass is 10.2. The van der Waals surface area contributed by atoms with E-state index in [2.05, 4.69) is 10.3 Å². The molecule has 1 rings (SSSR count). The van der Waals surface area contributed by atoms with Crippen LogP contribution >= 0.6 is 0 Å². The van der Waals surface area contributed by atoms with Crippen LogP contribution in [-0.2, 0) is 4.74 Å². The third-order valence-electron chi connectivity index (χ3n) is 2.17. The average Bonchev–Trinajstić information content (AvgIpc) is 2.20. The SMILES string of the molecule is Cc1c(NC(=O)OC(C)(C)C)cncc1OC(C)C. The zero-order valence-corrected chi connectivity index (χ0v) is 12.4. The van der Waals surface area contributed by atoms with Crippen molar-refractivity contribution < 1.29 is 14.3 Å². The fourth-order valence-corrected chi connectivity index (χ4v) is 1.42. The minimum absolute atomic E-state index is 0.0530. The molecule has 0 unspecified atom stereocenters. The van der Waals surface area contributed by atoms with Crippen LogP contribution in [0.3, 0.4) is 0 Å². The molecule has 0 fully saturated rings. The molecule has 1 aromatic rings. The van der Waals surface area contributed by atoms with Gasteiger partial charge < -0.3 is 9.47 Å². The minimum Gasteiger partial charge on any atom is -0.489 e. The van der Waals surface area contributed by atoms with Crippen LogP contribution in [0.25, 0.3) is 0 Å². The Labute approximate surface area is 114 Å². The Morgan fingerprint density at radius 2 is 1.95 bits per heavy atom. The van der Waals surface area contributed by atoms with Crippen LogP contribution in [0.5, 0.6) is 5.75 Å². The predicted octanol–water partition coefficient (Wildman–Crippen LogP) is 3.52. The van der Waals surface area contributed by atoms with Gasteiger partial charge >= 0.3 is 6.09 Å². The smallest absolute Gasteiger partial charge is 0.412 e. The summed E-state index contributed by atoms with van der Waals surface area (Å²) in [4.78, 5) is 15.8. The number of carbonyl (C=O) groups excluding carboxylic acids is 1. The first-order chi connectivity index (χ1) is 8.69. The standard InChI is InChI=1S/C14H22N2O3/c1-9(2)18-12-8-15-7-11(10(12)3)16-13(17)19-14(4,5)6/h7-9H,1-6H3,(H,16,17). The molecule has 0 aliphatic heterocycles. The fourth-order valence-electron chi connectivity index (χ4n) is 1.42. The summed E-state index contributed by atoms with van der Waals surface area (Å²) in [5.41, 5.74) is 0.888. The normalized spacial score (nSPS) is 11.3. The van der Waals surface area contributed by atoms with Crippen molar-refractivity contribution in [1.29, 1.82) is 0 Å². The van der Waals surface area contributed by atoms with Gasteiger partial charge in [-0.25, -0.2) is 4.79 Å². The van der Waals surface area contributed by atoms with Crippen molar-refractivity contribution in [2.75, 3.05) is 5.32 Å².